The van der Waals surface area contributed by atoms with E-state index in [-0.39, 0.29) is 24.8 Å². The predicted molar refractivity (Wildman–Crippen MR) is 87.4 cm³/mol. The minimum atomic E-state index is -0.781. The van der Waals surface area contributed by atoms with Crippen molar-refractivity contribution in [2.75, 3.05) is 25.0 Å². The van der Waals surface area contributed by atoms with E-state index in [1.165, 1.54) is 0 Å². The number of hydrogen-bond donors (Lipinski definition) is 2. The lowest BCUT2D eigenvalue weighted by Gasteiger charge is -2.37. The third-order valence-electron chi connectivity index (χ3n) is 3.31. The molecule has 1 aliphatic rings. The van der Waals surface area contributed by atoms with Crippen LogP contribution in [-0.4, -0.2) is 41.5 Å². The number of aryl methyl sites for hydroxylation is 1. The van der Waals surface area contributed by atoms with Gasteiger partial charge in [-0.05, 0) is 62.4 Å². The smallest absolute Gasteiger partial charge is 0.303 e. The van der Waals surface area contributed by atoms with Crippen LogP contribution < -0.4 is 5.32 Å². The minimum absolute atomic E-state index is 0.103. The van der Waals surface area contributed by atoms with Crippen molar-refractivity contribution >= 4 is 49.4 Å². The molecule has 2 rings (SSSR count). The molecule has 1 aromatic carbocycles. The fourth-order valence-corrected chi connectivity index (χ4v) is 4.00. The second kappa shape index (κ2) is 6.89. The molecule has 0 saturated carbocycles. The number of likely N-dealkylation sites (tertiary alicyclic amines) is 1. The number of benzene rings is 1. The summed E-state index contributed by atoms with van der Waals surface area (Å²) in [5, 5.41) is 11.6. The van der Waals surface area contributed by atoms with Gasteiger partial charge in [-0.1, -0.05) is 0 Å². The molecule has 7 heteroatoms. The fourth-order valence-electron chi connectivity index (χ4n) is 2.38. The molecule has 0 aliphatic carbocycles. The molecular weight excluding hydrogens is 404 g/mol. The summed E-state index contributed by atoms with van der Waals surface area (Å²) < 4.78 is 1.66. The van der Waals surface area contributed by atoms with E-state index in [2.05, 4.69) is 37.2 Å². The first-order valence-electron chi connectivity index (χ1n) is 6.55. The zero-order valence-electron chi connectivity index (χ0n) is 11.5. The van der Waals surface area contributed by atoms with E-state index in [0.29, 0.717) is 18.8 Å². The summed E-state index contributed by atoms with van der Waals surface area (Å²) >= 11 is 6.87. The van der Waals surface area contributed by atoms with Crippen LogP contribution >= 0.6 is 31.9 Å². The van der Waals surface area contributed by atoms with Gasteiger partial charge in [0.2, 0.25) is 5.91 Å². The Kier molecular flexibility index (Phi) is 5.40. The molecule has 114 valence electrons. The van der Waals surface area contributed by atoms with Crippen molar-refractivity contribution in [3.63, 3.8) is 0 Å². The quantitative estimate of drug-likeness (QED) is 0.769. The lowest BCUT2D eigenvalue weighted by Crippen LogP contribution is -2.50. The number of amides is 1. The molecule has 0 spiro atoms. The average molecular weight is 420 g/mol. The van der Waals surface area contributed by atoms with E-state index >= 15 is 0 Å². The van der Waals surface area contributed by atoms with Gasteiger partial charge in [-0.25, -0.2) is 0 Å². The van der Waals surface area contributed by atoms with Gasteiger partial charge in [0.15, 0.2) is 0 Å². The van der Waals surface area contributed by atoms with Crippen LogP contribution in [0.1, 0.15) is 12.0 Å². The van der Waals surface area contributed by atoms with Gasteiger partial charge in [0.25, 0.3) is 0 Å². The largest absolute Gasteiger partial charge is 0.481 e. The van der Waals surface area contributed by atoms with E-state index < -0.39 is 5.97 Å². The monoisotopic (exact) mass is 418 g/mol. The number of carboxylic acid groups (broad SMARTS) is 1. The molecule has 0 bridgehead atoms. The van der Waals surface area contributed by atoms with E-state index in [4.69, 9.17) is 5.11 Å². The molecule has 1 fully saturated rings. The Morgan fingerprint density at radius 1 is 1.33 bits per heavy atom. The lowest BCUT2D eigenvalue weighted by molar-refractivity contribution is -0.139. The summed E-state index contributed by atoms with van der Waals surface area (Å²) in [6, 6.07) is 3.87. The number of nitrogens with one attached hydrogen (secondary N) is 1. The first kappa shape index (κ1) is 16.5. The topological polar surface area (TPSA) is 69.6 Å². The number of hydrogen-bond acceptors (Lipinski definition) is 3. The maximum Gasteiger partial charge on any atom is 0.303 e. The van der Waals surface area contributed by atoms with Gasteiger partial charge >= 0.3 is 5.97 Å². The third kappa shape index (κ3) is 4.52. The zero-order valence-corrected chi connectivity index (χ0v) is 14.7. The Hall–Kier alpha value is -0.920. The van der Waals surface area contributed by atoms with Gasteiger partial charge in [0, 0.05) is 22.0 Å². The van der Waals surface area contributed by atoms with Crippen molar-refractivity contribution in [3.8, 4) is 0 Å². The van der Waals surface area contributed by atoms with Crippen molar-refractivity contribution in [3.05, 3.63) is 26.6 Å². The van der Waals surface area contributed by atoms with E-state index in [0.717, 1.165) is 14.5 Å². The molecular formula is C14H16Br2N2O3. The molecule has 2 N–H and O–H groups in total. The number of aliphatic carboxylic acids is 1. The molecule has 0 aromatic heterocycles. The summed E-state index contributed by atoms with van der Waals surface area (Å²) in [6.07, 6.45) is 0.174. The van der Waals surface area contributed by atoms with Crippen LogP contribution in [0.2, 0.25) is 0 Å². The SMILES string of the molecule is Cc1cc(Br)c(NC(=O)CN2CC(CC(=O)O)C2)c(Br)c1. The summed E-state index contributed by atoms with van der Waals surface area (Å²) in [5.41, 5.74) is 1.80. The van der Waals surface area contributed by atoms with Crippen LogP contribution in [-0.2, 0) is 9.59 Å². The highest BCUT2D eigenvalue weighted by molar-refractivity contribution is 9.11. The van der Waals surface area contributed by atoms with Gasteiger partial charge < -0.3 is 10.4 Å². The number of anilines is 1. The van der Waals surface area contributed by atoms with Crippen molar-refractivity contribution in [1.82, 2.24) is 4.90 Å². The van der Waals surface area contributed by atoms with Gasteiger partial charge in [-0.2, -0.15) is 0 Å². The molecule has 0 atom stereocenters. The van der Waals surface area contributed by atoms with Gasteiger partial charge in [0.05, 0.1) is 18.7 Å². The second-order valence-electron chi connectivity index (χ2n) is 5.31. The van der Waals surface area contributed by atoms with Gasteiger partial charge in [-0.15, -0.1) is 0 Å². The Morgan fingerprint density at radius 2 is 1.90 bits per heavy atom. The van der Waals surface area contributed by atoms with Crippen molar-refractivity contribution in [2.24, 2.45) is 5.92 Å². The maximum atomic E-state index is 12.0. The van der Waals surface area contributed by atoms with Crippen LogP contribution in [0.3, 0.4) is 0 Å². The Balaban J connectivity index is 1.85. The predicted octanol–water partition coefficient (Wildman–Crippen LogP) is 2.87. The van der Waals surface area contributed by atoms with Crippen LogP contribution in [0.15, 0.2) is 21.1 Å². The molecule has 21 heavy (non-hydrogen) atoms. The third-order valence-corrected chi connectivity index (χ3v) is 4.57. The Labute approximate surface area is 140 Å². The number of nitrogens with zero attached hydrogens (tertiary/aromatic N) is 1. The molecule has 1 heterocycles. The summed E-state index contributed by atoms with van der Waals surface area (Å²) in [7, 11) is 0. The first-order chi connectivity index (χ1) is 9.85. The molecule has 1 saturated heterocycles. The number of carbonyl (C=O) groups excluding carboxylic acids is 1. The Bertz CT molecular complexity index is 548. The number of carbonyl (C=O) groups is 2. The number of rotatable bonds is 5. The fraction of sp³-hybridized carbons (Fsp3) is 0.429. The van der Waals surface area contributed by atoms with Crippen LogP contribution in [0.4, 0.5) is 5.69 Å². The molecule has 0 unspecified atom stereocenters. The maximum absolute atomic E-state index is 12.0. The standard InChI is InChI=1S/C14H16Br2N2O3/c1-8-2-10(15)14(11(16)3-8)17-12(19)7-18-5-9(6-18)4-13(20)21/h2-3,9H,4-7H2,1H3,(H,17,19)(H,20,21). The van der Waals surface area contributed by atoms with Crippen molar-refractivity contribution in [1.29, 1.82) is 0 Å². The second-order valence-corrected chi connectivity index (χ2v) is 7.02. The van der Waals surface area contributed by atoms with Crippen molar-refractivity contribution < 1.29 is 14.7 Å². The Morgan fingerprint density at radius 3 is 2.43 bits per heavy atom. The number of halogens is 2. The molecule has 0 radical (unpaired) electrons. The number of carboxylic acids is 1. The van der Waals surface area contributed by atoms with E-state index in [9.17, 15) is 9.59 Å². The van der Waals surface area contributed by atoms with Crippen LogP contribution in [0.5, 0.6) is 0 Å². The van der Waals surface area contributed by atoms with Gasteiger partial charge in [0.1, 0.15) is 0 Å². The van der Waals surface area contributed by atoms with E-state index in [1.807, 2.05) is 24.0 Å². The normalized spacial score (nSPS) is 15.6. The molecule has 1 aromatic rings. The summed E-state index contributed by atoms with van der Waals surface area (Å²) in [6.45, 7) is 3.58. The minimum Gasteiger partial charge on any atom is -0.481 e. The van der Waals surface area contributed by atoms with Crippen LogP contribution in [0.25, 0.3) is 0 Å². The molecule has 1 amide bonds. The summed E-state index contributed by atoms with van der Waals surface area (Å²) in [4.78, 5) is 24.5. The lowest BCUT2D eigenvalue weighted by atomic mass is 9.96. The highest BCUT2D eigenvalue weighted by Gasteiger charge is 2.29. The molecule has 1 aliphatic heterocycles. The summed E-state index contributed by atoms with van der Waals surface area (Å²) in [5.74, 6) is -0.723. The van der Waals surface area contributed by atoms with Crippen molar-refractivity contribution in [2.45, 2.75) is 13.3 Å². The molecule has 5 nitrogen and oxygen atoms in total. The highest BCUT2D eigenvalue weighted by atomic mass is 79.9. The van der Waals surface area contributed by atoms with E-state index in [1.54, 1.807) is 0 Å². The van der Waals surface area contributed by atoms with Gasteiger partial charge in [-0.3, -0.25) is 14.5 Å². The zero-order chi connectivity index (χ0) is 15.6. The first-order valence-corrected chi connectivity index (χ1v) is 8.13. The average Bonchev–Trinajstić information content (AvgIpc) is 2.30. The highest BCUT2D eigenvalue weighted by Crippen LogP contribution is 2.32. The van der Waals surface area contributed by atoms with Crippen LogP contribution in [0, 0.1) is 12.8 Å².